The van der Waals surface area contributed by atoms with Crippen molar-refractivity contribution in [2.45, 2.75) is 20.4 Å². The third-order valence-electron chi connectivity index (χ3n) is 2.85. The molecular weight excluding hydrogens is 310 g/mol. The third kappa shape index (κ3) is 2.82. The minimum Gasteiger partial charge on any atom is -0.308 e. The first-order valence-corrected chi connectivity index (χ1v) is 6.47. The van der Waals surface area contributed by atoms with Crippen molar-refractivity contribution in [3.8, 4) is 0 Å². The molecule has 0 aliphatic rings. The minimum absolute atomic E-state index is 0.265. The molecule has 3 N–H and O–H groups in total. The highest BCUT2D eigenvalue weighted by Crippen LogP contribution is 2.17. The van der Waals surface area contributed by atoms with E-state index in [0.29, 0.717) is 18.1 Å². The molecule has 0 bridgehead atoms. The van der Waals surface area contributed by atoms with Gasteiger partial charge in [-0.25, -0.2) is 15.6 Å². The van der Waals surface area contributed by atoms with Crippen molar-refractivity contribution in [1.82, 2.24) is 14.5 Å². The number of aryl methyl sites for hydroxylation is 1. The van der Waals surface area contributed by atoms with Crippen molar-refractivity contribution in [3.63, 3.8) is 0 Å². The van der Waals surface area contributed by atoms with Crippen LogP contribution in [0.3, 0.4) is 0 Å². The lowest BCUT2D eigenvalue weighted by Crippen LogP contribution is -2.27. The van der Waals surface area contributed by atoms with E-state index in [0.717, 1.165) is 15.7 Å². The van der Waals surface area contributed by atoms with E-state index in [1.807, 2.05) is 13.0 Å². The van der Waals surface area contributed by atoms with Crippen LogP contribution in [0.15, 0.2) is 27.6 Å². The van der Waals surface area contributed by atoms with Gasteiger partial charge in [-0.2, -0.15) is 4.98 Å². The average Bonchev–Trinajstić information content (AvgIpc) is 2.42. The van der Waals surface area contributed by atoms with E-state index in [4.69, 9.17) is 5.84 Å². The van der Waals surface area contributed by atoms with Crippen LogP contribution in [0, 0.1) is 13.8 Å². The highest BCUT2D eigenvalue weighted by molar-refractivity contribution is 9.10. The molecule has 0 radical (unpaired) electrons. The van der Waals surface area contributed by atoms with E-state index >= 15 is 0 Å². The number of hydrazine groups is 1. The number of hydrogen-bond acceptors (Lipinski definition) is 5. The van der Waals surface area contributed by atoms with Gasteiger partial charge in [-0.05, 0) is 41.4 Å². The lowest BCUT2D eigenvalue weighted by molar-refractivity contribution is 0.687. The van der Waals surface area contributed by atoms with Gasteiger partial charge >= 0.3 is 5.69 Å². The standard InChI is InChI=1S/C12H14BrN5O/c1-7-11(13)8(2)18(12(19)16-7)6-9-3-4-10(17-14)15-5-9/h3-5H,6,14H2,1-2H3,(H,15,17). The summed E-state index contributed by atoms with van der Waals surface area (Å²) in [5.41, 5.74) is 4.64. The molecule has 2 rings (SSSR count). The topological polar surface area (TPSA) is 85.8 Å². The fourth-order valence-corrected chi connectivity index (χ4v) is 2.05. The smallest absolute Gasteiger partial charge is 0.308 e. The normalized spacial score (nSPS) is 10.5. The number of pyridine rings is 1. The van der Waals surface area contributed by atoms with Gasteiger partial charge in [0.25, 0.3) is 0 Å². The molecule has 2 aromatic rings. The van der Waals surface area contributed by atoms with Gasteiger partial charge < -0.3 is 5.43 Å². The van der Waals surface area contributed by atoms with Crippen molar-refractivity contribution in [2.75, 3.05) is 5.43 Å². The molecule has 0 atom stereocenters. The van der Waals surface area contributed by atoms with Gasteiger partial charge in [0.1, 0.15) is 5.82 Å². The van der Waals surface area contributed by atoms with Crippen LogP contribution >= 0.6 is 15.9 Å². The zero-order valence-corrected chi connectivity index (χ0v) is 12.2. The highest BCUT2D eigenvalue weighted by Gasteiger charge is 2.09. The number of halogens is 1. The Bertz CT molecular complexity index is 650. The first-order valence-electron chi connectivity index (χ1n) is 5.68. The van der Waals surface area contributed by atoms with Gasteiger partial charge in [0.15, 0.2) is 0 Å². The molecule has 0 aliphatic carbocycles. The molecule has 2 heterocycles. The predicted octanol–water partition coefficient (Wildman–Crippen LogP) is 1.35. The number of anilines is 1. The number of nitrogens with two attached hydrogens (primary N) is 1. The second kappa shape index (κ2) is 5.50. The number of nitrogen functional groups attached to an aromatic ring is 1. The van der Waals surface area contributed by atoms with E-state index in [-0.39, 0.29) is 5.69 Å². The Morgan fingerprint density at radius 2 is 2.16 bits per heavy atom. The van der Waals surface area contributed by atoms with Crippen molar-refractivity contribution in [2.24, 2.45) is 5.84 Å². The number of aromatic nitrogens is 3. The molecule has 7 heteroatoms. The summed E-state index contributed by atoms with van der Waals surface area (Å²) in [6, 6.07) is 3.62. The van der Waals surface area contributed by atoms with E-state index in [9.17, 15) is 4.79 Å². The van der Waals surface area contributed by atoms with Crippen molar-refractivity contribution in [1.29, 1.82) is 0 Å². The van der Waals surface area contributed by atoms with E-state index in [2.05, 4.69) is 31.3 Å². The van der Waals surface area contributed by atoms with Gasteiger partial charge in [0.2, 0.25) is 0 Å². The summed E-state index contributed by atoms with van der Waals surface area (Å²) in [4.78, 5) is 20.0. The van der Waals surface area contributed by atoms with Crippen LogP contribution in [0.4, 0.5) is 5.82 Å². The first-order chi connectivity index (χ1) is 9.02. The second-order valence-electron chi connectivity index (χ2n) is 4.16. The van der Waals surface area contributed by atoms with Crippen LogP contribution in [0.5, 0.6) is 0 Å². The zero-order chi connectivity index (χ0) is 14.0. The monoisotopic (exact) mass is 323 g/mol. The summed E-state index contributed by atoms with van der Waals surface area (Å²) >= 11 is 3.44. The van der Waals surface area contributed by atoms with E-state index < -0.39 is 0 Å². The number of hydrogen-bond donors (Lipinski definition) is 2. The summed E-state index contributed by atoms with van der Waals surface area (Å²) in [6.07, 6.45) is 1.68. The minimum atomic E-state index is -0.265. The third-order valence-corrected chi connectivity index (χ3v) is 4.00. The Balaban J connectivity index is 2.38. The molecule has 2 aromatic heterocycles. The average molecular weight is 324 g/mol. The zero-order valence-electron chi connectivity index (χ0n) is 10.6. The summed E-state index contributed by atoms with van der Waals surface area (Å²) in [5.74, 6) is 5.83. The Morgan fingerprint density at radius 3 is 2.74 bits per heavy atom. The maximum absolute atomic E-state index is 11.9. The van der Waals surface area contributed by atoms with Crippen LogP contribution in [-0.2, 0) is 6.54 Å². The van der Waals surface area contributed by atoms with Crippen LogP contribution < -0.4 is 17.0 Å². The molecule has 19 heavy (non-hydrogen) atoms. The number of rotatable bonds is 3. The molecule has 0 saturated heterocycles. The van der Waals surface area contributed by atoms with Crippen LogP contribution in [0.2, 0.25) is 0 Å². The van der Waals surface area contributed by atoms with Crippen molar-refractivity contribution >= 4 is 21.7 Å². The largest absolute Gasteiger partial charge is 0.348 e. The summed E-state index contributed by atoms with van der Waals surface area (Å²) in [7, 11) is 0. The van der Waals surface area contributed by atoms with Gasteiger partial charge in [0.05, 0.1) is 16.7 Å². The molecule has 0 saturated carbocycles. The first kappa shape index (κ1) is 13.7. The molecule has 6 nitrogen and oxygen atoms in total. The van der Waals surface area contributed by atoms with Gasteiger partial charge in [-0.1, -0.05) is 6.07 Å². The molecule has 0 fully saturated rings. The number of nitrogens with zero attached hydrogens (tertiary/aromatic N) is 3. The summed E-state index contributed by atoms with van der Waals surface area (Å²) < 4.78 is 2.45. The Hall–Kier alpha value is -1.73. The van der Waals surface area contributed by atoms with Crippen LogP contribution in [0.1, 0.15) is 17.0 Å². The van der Waals surface area contributed by atoms with Crippen LogP contribution in [-0.4, -0.2) is 14.5 Å². The Labute approximate surface area is 118 Å². The lowest BCUT2D eigenvalue weighted by Gasteiger charge is -2.12. The highest BCUT2D eigenvalue weighted by atomic mass is 79.9. The van der Waals surface area contributed by atoms with Gasteiger partial charge in [-0.3, -0.25) is 4.57 Å². The molecule has 0 aromatic carbocycles. The van der Waals surface area contributed by atoms with E-state index in [1.165, 1.54) is 0 Å². The maximum atomic E-state index is 11.9. The Kier molecular flexibility index (Phi) is 3.96. The fourth-order valence-electron chi connectivity index (χ4n) is 1.75. The molecule has 0 spiro atoms. The van der Waals surface area contributed by atoms with Crippen molar-refractivity contribution in [3.05, 3.63) is 50.2 Å². The molecule has 0 unspecified atom stereocenters. The second-order valence-corrected chi connectivity index (χ2v) is 4.95. The molecule has 100 valence electrons. The van der Waals surface area contributed by atoms with E-state index in [1.54, 1.807) is 23.8 Å². The molecule has 0 amide bonds. The Morgan fingerprint density at radius 1 is 1.42 bits per heavy atom. The summed E-state index contributed by atoms with van der Waals surface area (Å²) in [6.45, 7) is 4.10. The maximum Gasteiger partial charge on any atom is 0.348 e. The summed E-state index contributed by atoms with van der Waals surface area (Å²) in [5, 5.41) is 0. The van der Waals surface area contributed by atoms with Crippen LogP contribution in [0.25, 0.3) is 0 Å². The van der Waals surface area contributed by atoms with Gasteiger partial charge in [-0.15, -0.1) is 0 Å². The van der Waals surface area contributed by atoms with Gasteiger partial charge in [0, 0.05) is 11.9 Å². The lowest BCUT2D eigenvalue weighted by atomic mass is 10.2. The SMILES string of the molecule is Cc1nc(=O)n(Cc2ccc(NN)nc2)c(C)c1Br. The fraction of sp³-hybridized carbons (Fsp3) is 0.250. The quantitative estimate of drug-likeness (QED) is 0.657. The molecular formula is C12H14BrN5O. The van der Waals surface area contributed by atoms with Crippen molar-refractivity contribution < 1.29 is 0 Å². The predicted molar refractivity (Wildman–Crippen MR) is 76.8 cm³/mol. The molecule has 0 aliphatic heterocycles. The number of nitrogens with one attached hydrogen (secondary N) is 1.